The van der Waals surface area contributed by atoms with E-state index in [1.807, 2.05) is 13.0 Å². The van der Waals surface area contributed by atoms with Crippen LogP contribution in [0.4, 0.5) is 5.13 Å². The number of hydrogen-bond donors (Lipinski definition) is 2. The number of nitrogens with two attached hydrogens (primary N) is 1. The molecule has 1 amide bonds. The van der Waals surface area contributed by atoms with Crippen LogP contribution in [0.15, 0.2) is 27.3 Å². The van der Waals surface area contributed by atoms with Crippen LogP contribution in [0.2, 0.25) is 0 Å². The van der Waals surface area contributed by atoms with Crippen LogP contribution in [-0.2, 0) is 11.3 Å². The monoisotopic (exact) mass is 339 g/mol. The van der Waals surface area contributed by atoms with Crippen LogP contribution in [0.3, 0.4) is 0 Å². The van der Waals surface area contributed by atoms with E-state index in [9.17, 15) is 9.59 Å². The van der Waals surface area contributed by atoms with Crippen molar-refractivity contribution in [2.75, 3.05) is 18.0 Å². The molecule has 0 radical (unpaired) electrons. The van der Waals surface area contributed by atoms with Crippen LogP contribution in [0.1, 0.15) is 12.1 Å². The first kappa shape index (κ1) is 16.5. The quantitative estimate of drug-likeness (QED) is 0.574. The van der Waals surface area contributed by atoms with Crippen molar-refractivity contribution in [2.24, 2.45) is 0 Å². The summed E-state index contributed by atoms with van der Waals surface area (Å²) in [5.74, 6) is 0.203. The highest BCUT2D eigenvalue weighted by Gasteiger charge is 2.06. The minimum absolute atomic E-state index is 0.0178. The molecule has 0 saturated carbocycles. The molecule has 2 aromatic heterocycles. The molecule has 0 aliphatic heterocycles. The Morgan fingerprint density at radius 2 is 2.27 bits per heavy atom. The number of carbonyl (C=O) groups excluding carboxylic acids is 1. The number of aryl methyl sites for hydroxylation is 1. The second-order valence-electron chi connectivity index (χ2n) is 4.56. The van der Waals surface area contributed by atoms with Gasteiger partial charge in [0.05, 0.1) is 5.75 Å². The predicted octanol–water partition coefficient (Wildman–Crippen LogP) is 0.889. The lowest BCUT2D eigenvalue weighted by atomic mass is 10.3. The van der Waals surface area contributed by atoms with Crippen LogP contribution in [-0.4, -0.2) is 33.0 Å². The number of rotatable bonds is 7. The van der Waals surface area contributed by atoms with E-state index in [-0.39, 0.29) is 17.2 Å². The Balaban J connectivity index is 1.68. The van der Waals surface area contributed by atoms with Crippen LogP contribution in [0.5, 0.6) is 0 Å². The molecule has 0 bridgehead atoms. The maximum Gasteiger partial charge on any atom is 0.250 e. The van der Waals surface area contributed by atoms with Gasteiger partial charge in [-0.15, -0.1) is 10.2 Å². The van der Waals surface area contributed by atoms with Crippen molar-refractivity contribution in [1.29, 1.82) is 0 Å². The fraction of sp³-hybridized carbons (Fsp3) is 0.385. The van der Waals surface area contributed by atoms with Crippen molar-refractivity contribution in [3.63, 3.8) is 0 Å². The van der Waals surface area contributed by atoms with Gasteiger partial charge in [0, 0.05) is 24.8 Å². The molecule has 2 aromatic rings. The lowest BCUT2D eigenvalue weighted by Gasteiger charge is -2.09. The second kappa shape index (κ2) is 7.95. The normalized spacial score (nSPS) is 10.6. The SMILES string of the molecule is Cc1cccc(=O)n1CCCNC(=O)CSc1nnc(N)s1. The first-order valence-corrected chi connectivity index (χ1v) is 8.51. The Bertz CT molecular complexity index is 698. The first-order chi connectivity index (χ1) is 10.6. The van der Waals surface area contributed by atoms with Crippen LogP contribution in [0.25, 0.3) is 0 Å². The van der Waals surface area contributed by atoms with Gasteiger partial charge in [-0.05, 0) is 19.4 Å². The molecule has 0 saturated heterocycles. The molecule has 0 aliphatic carbocycles. The average molecular weight is 339 g/mol. The van der Waals surface area contributed by atoms with Gasteiger partial charge in [0.25, 0.3) is 5.56 Å². The lowest BCUT2D eigenvalue weighted by Crippen LogP contribution is -2.28. The molecule has 0 fully saturated rings. The molecule has 7 nitrogen and oxygen atoms in total. The Hall–Kier alpha value is -1.87. The maximum atomic E-state index is 11.7. The summed E-state index contributed by atoms with van der Waals surface area (Å²) in [6.45, 7) is 3.01. The third-order valence-corrected chi connectivity index (χ3v) is 4.78. The fourth-order valence-electron chi connectivity index (χ4n) is 1.83. The highest BCUT2D eigenvalue weighted by molar-refractivity contribution is 8.01. The second-order valence-corrected chi connectivity index (χ2v) is 6.79. The van der Waals surface area contributed by atoms with Gasteiger partial charge in [0.2, 0.25) is 11.0 Å². The van der Waals surface area contributed by atoms with Gasteiger partial charge < -0.3 is 15.6 Å². The molecule has 118 valence electrons. The van der Waals surface area contributed by atoms with Crippen molar-refractivity contribution in [2.45, 2.75) is 24.2 Å². The number of thioether (sulfide) groups is 1. The Labute approximate surface area is 135 Å². The summed E-state index contributed by atoms with van der Waals surface area (Å²) in [5.41, 5.74) is 6.37. The van der Waals surface area contributed by atoms with Gasteiger partial charge >= 0.3 is 0 Å². The van der Waals surface area contributed by atoms with Crippen molar-refractivity contribution >= 4 is 34.1 Å². The molecule has 0 unspecified atom stereocenters. The molecule has 3 N–H and O–H groups in total. The van der Waals surface area contributed by atoms with Gasteiger partial charge in [0.15, 0.2) is 4.34 Å². The molecule has 0 spiro atoms. The average Bonchev–Trinajstić information content (AvgIpc) is 2.89. The van der Waals surface area contributed by atoms with Crippen molar-refractivity contribution in [3.05, 3.63) is 34.2 Å². The third kappa shape index (κ3) is 4.85. The first-order valence-electron chi connectivity index (χ1n) is 6.71. The number of pyridine rings is 1. The summed E-state index contributed by atoms with van der Waals surface area (Å²) in [6.07, 6.45) is 0.701. The molecule has 2 heterocycles. The van der Waals surface area contributed by atoms with Gasteiger partial charge in [-0.2, -0.15) is 0 Å². The fourth-order valence-corrected chi connectivity index (χ4v) is 3.30. The summed E-state index contributed by atoms with van der Waals surface area (Å²) in [4.78, 5) is 23.4. The van der Waals surface area contributed by atoms with E-state index in [0.717, 1.165) is 5.69 Å². The summed E-state index contributed by atoms with van der Waals surface area (Å²) >= 11 is 2.57. The van der Waals surface area contributed by atoms with E-state index >= 15 is 0 Å². The van der Waals surface area contributed by atoms with Gasteiger partial charge in [0.1, 0.15) is 0 Å². The summed E-state index contributed by atoms with van der Waals surface area (Å²) in [6, 6.07) is 5.17. The molecular formula is C13H17N5O2S2. The van der Waals surface area contributed by atoms with E-state index < -0.39 is 0 Å². The minimum Gasteiger partial charge on any atom is -0.374 e. The van der Waals surface area contributed by atoms with E-state index in [1.54, 1.807) is 10.6 Å². The molecule has 2 rings (SSSR count). The third-order valence-electron chi connectivity index (χ3n) is 2.90. The van der Waals surface area contributed by atoms with Gasteiger partial charge in [-0.3, -0.25) is 9.59 Å². The van der Waals surface area contributed by atoms with E-state index in [1.165, 1.54) is 29.2 Å². The Morgan fingerprint density at radius 1 is 1.45 bits per heavy atom. The van der Waals surface area contributed by atoms with Crippen molar-refractivity contribution in [3.8, 4) is 0 Å². The molecule has 0 aliphatic rings. The number of nitrogens with zero attached hydrogens (tertiary/aromatic N) is 3. The summed E-state index contributed by atoms with van der Waals surface area (Å²) in [5, 5.41) is 10.7. The molecule has 22 heavy (non-hydrogen) atoms. The molecule has 0 atom stereocenters. The number of aromatic nitrogens is 3. The number of carbonyl (C=O) groups is 1. The summed E-state index contributed by atoms with van der Waals surface area (Å²) in [7, 11) is 0. The molecular weight excluding hydrogens is 322 g/mol. The van der Waals surface area contributed by atoms with Crippen LogP contribution < -0.4 is 16.6 Å². The predicted molar refractivity (Wildman–Crippen MR) is 88.1 cm³/mol. The van der Waals surface area contributed by atoms with Crippen molar-refractivity contribution in [1.82, 2.24) is 20.1 Å². The smallest absolute Gasteiger partial charge is 0.250 e. The van der Waals surface area contributed by atoms with Gasteiger partial charge in [-0.1, -0.05) is 29.2 Å². The minimum atomic E-state index is -0.0732. The standard InChI is InChI=1S/C13H17N5O2S2/c1-9-4-2-5-11(20)18(9)7-3-6-15-10(19)8-21-13-17-16-12(14)22-13/h2,4-5H,3,6-8H2,1H3,(H2,14,16)(H,15,19). The number of nitrogen functional groups attached to an aromatic ring is 1. The van der Waals surface area contributed by atoms with E-state index in [4.69, 9.17) is 5.73 Å². The molecule has 9 heteroatoms. The highest BCUT2D eigenvalue weighted by atomic mass is 32.2. The van der Waals surface area contributed by atoms with Crippen LogP contribution in [0, 0.1) is 6.92 Å². The largest absolute Gasteiger partial charge is 0.374 e. The lowest BCUT2D eigenvalue weighted by molar-refractivity contribution is -0.118. The number of anilines is 1. The molecule has 0 aromatic carbocycles. The van der Waals surface area contributed by atoms with E-state index in [2.05, 4.69) is 15.5 Å². The van der Waals surface area contributed by atoms with Gasteiger partial charge in [-0.25, -0.2) is 0 Å². The zero-order valence-electron chi connectivity index (χ0n) is 12.1. The Kier molecular flexibility index (Phi) is 5.96. The maximum absolute atomic E-state index is 11.7. The Morgan fingerprint density at radius 3 is 2.95 bits per heavy atom. The number of amides is 1. The zero-order valence-corrected chi connectivity index (χ0v) is 13.7. The van der Waals surface area contributed by atoms with Crippen LogP contribution >= 0.6 is 23.1 Å². The van der Waals surface area contributed by atoms with E-state index in [0.29, 0.717) is 29.0 Å². The van der Waals surface area contributed by atoms with Crippen molar-refractivity contribution < 1.29 is 4.79 Å². The highest BCUT2D eigenvalue weighted by Crippen LogP contribution is 2.22. The number of hydrogen-bond acceptors (Lipinski definition) is 7. The summed E-state index contributed by atoms with van der Waals surface area (Å²) < 4.78 is 2.38. The topological polar surface area (TPSA) is 103 Å². The zero-order chi connectivity index (χ0) is 15.9. The number of nitrogens with one attached hydrogen (secondary N) is 1.